The lowest BCUT2D eigenvalue weighted by Crippen LogP contribution is -2.37. The third kappa shape index (κ3) is 11.3. The van der Waals surface area contributed by atoms with E-state index in [4.69, 9.17) is 13.8 Å². The largest absolute Gasteiger partial charge is 0.756 e. The third-order valence-corrected chi connectivity index (χ3v) is 5.42. The van der Waals surface area contributed by atoms with Gasteiger partial charge >= 0.3 is 5.97 Å². The third-order valence-electron chi connectivity index (χ3n) is 3.22. The minimum atomic E-state index is -4.53. The molecule has 0 aliphatic heterocycles. The molecule has 0 fully saturated rings. The summed E-state index contributed by atoms with van der Waals surface area (Å²) in [5, 5.41) is 0. The van der Waals surface area contributed by atoms with Gasteiger partial charge in [0.05, 0.1) is 21.1 Å². The molecule has 0 heterocycles. The molecule has 0 aliphatic rings. The van der Waals surface area contributed by atoms with Gasteiger partial charge in [-0.15, -0.1) is 11.8 Å². The van der Waals surface area contributed by atoms with Gasteiger partial charge in [-0.1, -0.05) is 24.8 Å². The lowest BCUT2D eigenvalue weighted by Gasteiger charge is -2.29. The van der Waals surface area contributed by atoms with Crippen LogP contribution < -0.4 is 4.89 Å². The Hall–Kier alpha value is -1.15. The summed E-state index contributed by atoms with van der Waals surface area (Å²) in [5.41, 5.74) is 0.231. The number of likely N-dealkylation sites (N-methyl/N-ethyl adjacent to an activating group) is 1. The molecule has 1 aromatic rings. The summed E-state index contributed by atoms with van der Waals surface area (Å²) < 4.78 is 27.8. The quantitative estimate of drug-likeness (QED) is 0.170. The van der Waals surface area contributed by atoms with Crippen molar-refractivity contribution in [1.29, 1.82) is 0 Å². The van der Waals surface area contributed by atoms with Gasteiger partial charge < -0.3 is 23.2 Å². The number of phosphoric acid groups is 1. The number of carbonyl (C=O) groups excluding carboxylic acids is 1. The van der Waals surface area contributed by atoms with Gasteiger partial charge in [0.2, 0.25) is 0 Å². The molecule has 0 N–H and O–H groups in total. The summed E-state index contributed by atoms with van der Waals surface area (Å²) in [4.78, 5) is 24.7. The van der Waals surface area contributed by atoms with E-state index >= 15 is 0 Å². The molecule has 2 unspecified atom stereocenters. The minimum Gasteiger partial charge on any atom is -0.756 e. The number of esters is 1. The molecular weight excluding hydrogens is 389 g/mol. The van der Waals surface area contributed by atoms with Crippen LogP contribution in [0.2, 0.25) is 0 Å². The predicted octanol–water partition coefficient (Wildman–Crippen LogP) is 2.47. The monoisotopic (exact) mass is 417 g/mol. The van der Waals surface area contributed by atoms with Crippen molar-refractivity contribution in [1.82, 2.24) is 0 Å². The summed E-state index contributed by atoms with van der Waals surface area (Å²) >= 11 is 1.40. The number of carbonyl (C=O) groups is 1. The Morgan fingerprint density at radius 2 is 1.93 bits per heavy atom. The van der Waals surface area contributed by atoms with Crippen LogP contribution in [0.3, 0.4) is 0 Å². The fourth-order valence-corrected chi connectivity index (χ4v) is 3.61. The maximum absolute atomic E-state index is 12.1. The highest BCUT2D eigenvalue weighted by Crippen LogP contribution is 2.40. The highest BCUT2D eigenvalue weighted by Gasteiger charge is 2.22. The molecule has 0 spiro atoms. The Kier molecular flexibility index (Phi) is 9.73. The molecule has 7 nitrogen and oxygen atoms in total. The second-order valence-corrected chi connectivity index (χ2v) is 9.48. The molecule has 0 amide bonds. The van der Waals surface area contributed by atoms with E-state index in [1.807, 2.05) is 51.5 Å². The zero-order chi connectivity index (χ0) is 20.5. The molecule has 0 bridgehead atoms. The van der Waals surface area contributed by atoms with E-state index in [9.17, 15) is 14.3 Å². The number of benzene rings is 1. The van der Waals surface area contributed by atoms with Crippen molar-refractivity contribution in [2.45, 2.75) is 17.9 Å². The first kappa shape index (κ1) is 23.9. The molecule has 2 atom stereocenters. The molecule has 0 saturated carbocycles. The van der Waals surface area contributed by atoms with Gasteiger partial charge in [0.1, 0.15) is 25.9 Å². The van der Waals surface area contributed by atoms with E-state index in [-0.39, 0.29) is 24.5 Å². The summed E-state index contributed by atoms with van der Waals surface area (Å²) in [6.45, 7) is 5.32. The van der Waals surface area contributed by atoms with Crippen LogP contribution in [0, 0.1) is 0 Å². The van der Waals surface area contributed by atoms with E-state index in [1.54, 1.807) is 0 Å². The van der Waals surface area contributed by atoms with Crippen LogP contribution >= 0.6 is 19.6 Å². The SMILES string of the molecule is C=C(C)C(=O)OCC(CSc1ccccc1)OP(=O)([O-])OCC[N+](C)(C)C. The number of phosphoric ester groups is 1. The van der Waals surface area contributed by atoms with E-state index in [0.717, 1.165) is 4.90 Å². The summed E-state index contributed by atoms with van der Waals surface area (Å²) in [6.07, 6.45) is -0.869. The maximum atomic E-state index is 12.1. The first-order valence-corrected chi connectivity index (χ1v) is 10.9. The highest BCUT2D eigenvalue weighted by molar-refractivity contribution is 7.99. The predicted molar refractivity (Wildman–Crippen MR) is 104 cm³/mol. The van der Waals surface area contributed by atoms with Gasteiger partial charge in [-0.3, -0.25) is 4.57 Å². The number of quaternary nitrogens is 1. The molecule has 0 aliphatic carbocycles. The van der Waals surface area contributed by atoms with Gasteiger partial charge in [0.15, 0.2) is 0 Å². The standard InChI is InChI=1S/C18H28NO6PS/c1-15(2)18(20)23-13-16(14-27-17-9-7-6-8-10-17)25-26(21,22)24-12-11-19(3,4)5/h6-10,16H,1,11-14H2,2-5H3. The molecule has 0 saturated heterocycles. The summed E-state index contributed by atoms with van der Waals surface area (Å²) in [7, 11) is 1.25. The zero-order valence-electron chi connectivity index (χ0n) is 16.3. The van der Waals surface area contributed by atoms with Gasteiger partial charge in [-0.2, -0.15) is 0 Å². The normalized spacial score (nSPS) is 15.0. The molecule has 0 radical (unpaired) electrons. The summed E-state index contributed by atoms with van der Waals surface area (Å²) in [5.74, 6) is -0.321. The Morgan fingerprint density at radius 1 is 1.30 bits per heavy atom. The average Bonchev–Trinajstić information content (AvgIpc) is 2.56. The Balaban J connectivity index is 2.66. The van der Waals surface area contributed by atoms with Crippen LogP contribution in [0.25, 0.3) is 0 Å². The van der Waals surface area contributed by atoms with Gasteiger partial charge in [0.25, 0.3) is 7.82 Å². The van der Waals surface area contributed by atoms with Crippen molar-refractivity contribution in [3.63, 3.8) is 0 Å². The van der Waals surface area contributed by atoms with Crippen molar-refractivity contribution in [3.05, 3.63) is 42.5 Å². The zero-order valence-corrected chi connectivity index (χ0v) is 18.0. The number of nitrogens with zero attached hydrogens (tertiary/aromatic N) is 1. The van der Waals surface area contributed by atoms with Gasteiger partial charge in [-0.05, 0) is 19.1 Å². The molecular formula is C18H28NO6PS. The van der Waals surface area contributed by atoms with Crippen molar-refractivity contribution in [2.75, 3.05) is 46.7 Å². The first-order valence-electron chi connectivity index (χ1n) is 8.43. The number of hydrogen-bond donors (Lipinski definition) is 0. The molecule has 152 valence electrons. The fourth-order valence-electron chi connectivity index (χ4n) is 1.75. The Morgan fingerprint density at radius 3 is 2.48 bits per heavy atom. The van der Waals surface area contributed by atoms with Crippen LogP contribution in [0.5, 0.6) is 0 Å². The number of ether oxygens (including phenoxy) is 1. The lowest BCUT2D eigenvalue weighted by molar-refractivity contribution is -0.870. The molecule has 27 heavy (non-hydrogen) atoms. The van der Waals surface area contributed by atoms with Gasteiger partial charge in [0, 0.05) is 16.2 Å². The van der Waals surface area contributed by atoms with Crippen LogP contribution in [-0.2, 0) is 23.1 Å². The van der Waals surface area contributed by atoms with E-state index in [1.165, 1.54) is 18.7 Å². The average molecular weight is 417 g/mol. The van der Waals surface area contributed by atoms with Crippen molar-refractivity contribution in [2.24, 2.45) is 0 Å². The summed E-state index contributed by atoms with van der Waals surface area (Å²) in [6, 6.07) is 9.45. The topological polar surface area (TPSA) is 84.9 Å². The van der Waals surface area contributed by atoms with Crippen LogP contribution in [0.4, 0.5) is 0 Å². The lowest BCUT2D eigenvalue weighted by atomic mass is 10.3. The van der Waals surface area contributed by atoms with Gasteiger partial charge in [-0.25, -0.2) is 4.79 Å². The number of thioether (sulfide) groups is 1. The van der Waals surface area contributed by atoms with Crippen molar-refractivity contribution < 1.29 is 32.5 Å². The van der Waals surface area contributed by atoms with Crippen molar-refractivity contribution >= 4 is 25.6 Å². The van der Waals surface area contributed by atoms with E-state index in [2.05, 4.69) is 6.58 Å². The first-order chi connectivity index (χ1) is 12.5. The number of hydrogen-bond acceptors (Lipinski definition) is 7. The van der Waals surface area contributed by atoms with E-state index < -0.39 is 19.9 Å². The molecule has 9 heteroatoms. The maximum Gasteiger partial charge on any atom is 0.333 e. The number of rotatable bonds is 12. The van der Waals surface area contributed by atoms with Crippen LogP contribution in [-0.4, -0.2) is 63.2 Å². The second kappa shape index (κ2) is 11.0. The molecule has 0 aromatic heterocycles. The Bertz CT molecular complexity index is 662. The molecule has 1 rings (SSSR count). The Labute approximate surface area is 165 Å². The van der Waals surface area contributed by atoms with Crippen LogP contribution in [0.15, 0.2) is 47.4 Å². The molecule has 1 aromatic carbocycles. The van der Waals surface area contributed by atoms with E-state index in [0.29, 0.717) is 11.0 Å². The van der Waals surface area contributed by atoms with Crippen molar-refractivity contribution in [3.8, 4) is 0 Å². The smallest absolute Gasteiger partial charge is 0.333 e. The fraction of sp³-hybridized carbons (Fsp3) is 0.500. The van der Waals surface area contributed by atoms with Crippen LogP contribution in [0.1, 0.15) is 6.92 Å². The second-order valence-electron chi connectivity index (χ2n) is 7.02. The minimum absolute atomic E-state index is 0.00831. The highest BCUT2D eigenvalue weighted by atomic mass is 32.2.